The van der Waals surface area contributed by atoms with Gasteiger partial charge in [-0.2, -0.15) is 0 Å². The molecule has 2 aromatic rings. The number of halogens is 3. The molecule has 1 aromatic carbocycles. The molecule has 2 rings (SSSR count). The number of nitrogens with one attached hydrogen (secondary N) is 1. The van der Waals surface area contributed by atoms with E-state index in [4.69, 9.17) is 17.3 Å². The monoisotopic (exact) mass is 334 g/mol. The van der Waals surface area contributed by atoms with Crippen molar-refractivity contribution in [2.24, 2.45) is 0 Å². The predicted molar refractivity (Wildman–Crippen MR) is 75.2 cm³/mol. The maximum Gasteiger partial charge on any atom is 0.143 e. The van der Waals surface area contributed by atoms with Crippen LogP contribution in [0.15, 0.2) is 28.1 Å². The molecule has 0 bridgehead atoms. The van der Waals surface area contributed by atoms with Gasteiger partial charge in [0.2, 0.25) is 0 Å². The van der Waals surface area contributed by atoms with E-state index in [1.165, 1.54) is 12.1 Å². The molecule has 1 heterocycles. The first-order chi connectivity index (χ1) is 8.06. The highest BCUT2D eigenvalue weighted by molar-refractivity contribution is 9.11. The maximum absolute atomic E-state index is 13.1. The van der Waals surface area contributed by atoms with Gasteiger partial charge in [-0.15, -0.1) is 11.3 Å². The van der Waals surface area contributed by atoms with E-state index in [-0.39, 0.29) is 5.02 Å². The fourth-order valence-corrected chi connectivity index (χ4v) is 2.93. The molecule has 0 radical (unpaired) electrons. The van der Waals surface area contributed by atoms with Gasteiger partial charge in [0.05, 0.1) is 20.2 Å². The van der Waals surface area contributed by atoms with Crippen molar-refractivity contribution >= 4 is 50.2 Å². The second kappa shape index (κ2) is 5.25. The maximum atomic E-state index is 13.1. The van der Waals surface area contributed by atoms with Crippen LogP contribution in [-0.2, 0) is 6.54 Å². The van der Waals surface area contributed by atoms with E-state index in [2.05, 4.69) is 21.2 Å². The molecule has 0 aliphatic rings. The normalized spacial score (nSPS) is 10.5. The highest BCUT2D eigenvalue weighted by Crippen LogP contribution is 2.28. The number of hydrogen-bond donors (Lipinski definition) is 2. The molecule has 0 saturated heterocycles. The molecule has 1 aromatic heterocycles. The molecule has 0 amide bonds. The van der Waals surface area contributed by atoms with Crippen molar-refractivity contribution in [3.8, 4) is 0 Å². The second-order valence-electron chi connectivity index (χ2n) is 3.41. The quantitative estimate of drug-likeness (QED) is 0.811. The Morgan fingerprint density at radius 3 is 2.82 bits per heavy atom. The Kier molecular flexibility index (Phi) is 3.91. The van der Waals surface area contributed by atoms with Crippen LogP contribution in [0.4, 0.5) is 15.8 Å². The summed E-state index contributed by atoms with van der Waals surface area (Å²) in [6.45, 7) is 0.627. The van der Waals surface area contributed by atoms with Gasteiger partial charge < -0.3 is 11.1 Å². The van der Waals surface area contributed by atoms with Gasteiger partial charge >= 0.3 is 0 Å². The summed E-state index contributed by atoms with van der Waals surface area (Å²) >= 11 is 10.7. The molecule has 90 valence electrons. The lowest BCUT2D eigenvalue weighted by molar-refractivity contribution is 0.629. The lowest BCUT2D eigenvalue weighted by Gasteiger charge is -2.09. The van der Waals surface area contributed by atoms with Crippen LogP contribution in [0.5, 0.6) is 0 Å². The molecule has 3 N–H and O–H groups in total. The Bertz CT molecular complexity index is 544. The van der Waals surface area contributed by atoms with Gasteiger partial charge in [0.15, 0.2) is 0 Å². The minimum absolute atomic E-state index is 0.0639. The van der Waals surface area contributed by atoms with Gasteiger partial charge in [0.1, 0.15) is 5.82 Å². The molecule has 0 spiro atoms. The third-order valence-corrected chi connectivity index (χ3v) is 4.09. The van der Waals surface area contributed by atoms with Crippen molar-refractivity contribution in [1.82, 2.24) is 0 Å². The predicted octanol–water partition coefficient (Wildman–Crippen LogP) is 4.50. The van der Waals surface area contributed by atoms with Crippen molar-refractivity contribution in [2.45, 2.75) is 6.54 Å². The molecular formula is C11H9BrClFN2S. The van der Waals surface area contributed by atoms with Crippen LogP contribution in [0.1, 0.15) is 4.88 Å². The molecule has 2 nitrogen and oxygen atoms in total. The molecule has 0 aliphatic carbocycles. The molecule has 6 heteroatoms. The molecule has 0 saturated carbocycles. The Balaban J connectivity index is 2.11. The van der Waals surface area contributed by atoms with Crippen molar-refractivity contribution in [2.75, 3.05) is 11.1 Å². The average Bonchev–Trinajstić information content (AvgIpc) is 2.68. The average molecular weight is 336 g/mol. The molecular weight excluding hydrogens is 327 g/mol. The first-order valence-electron chi connectivity index (χ1n) is 4.79. The summed E-state index contributed by atoms with van der Waals surface area (Å²) in [7, 11) is 0. The van der Waals surface area contributed by atoms with E-state index in [0.717, 1.165) is 8.66 Å². The fourth-order valence-electron chi connectivity index (χ4n) is 1.34. The first-order valence-corrected chi connectivity index (χ1v) is 6.77. The Hall–Kier alpha value is -0.780. The van der Waals surface area contributed by atoms with Crippen LogP contribution in [0, 0.1) is 5.82 Å². The van der Waals surface area contributed by atoms with Crippen LogP contribution in [0.2, 0.25) is 5.02 Å². The van der Waals surface area contributed by atoms with Gasteiger partial charge in [-0.05, 0) is 34.1 Å². The molecule has 0 atom stereocenters. The number of benzene rings is 1. The Morgan fingerprint density at radius 1 is 1.41 bits per heavy atom. The zero-order valence-electron chi connectivity index (χ0n) is 8.64. The van der Waals surface area contributed by atoms with E-state index >= 15 is 0 Å². The van der Waals surface area contributed by atoms with E-state index in [1.54, 1.807) is 11.3 Å². The third kappa shape index (κ3) is 3.12. The smallest absolute Gasteiger partial charge is 0.143 e. The zero-order valence-corrected chi connectivity index (χ0v) is 11.8. The lowest BCUT2D eigenvalue weighted by Crippen LogP contribution is -2.01. The lowest BCUT2D eigenvalue weighted by atomic mass is 10.2. The number of nitrogens with two attached hydrogens (primary N) is 1. The van der Waals surface area contributed by atoms with E-state index in [0.29, 0.717) is 17.9 Å². The summed E-state index contributed by atoms with van der Waals surface area (Å²) < 4.78 is 14.2. The summed E-state index contributed by atoms with van der Waals surface area (Å²) in [5, 5.41) is 3.19. The van der Waals surface area contributed by atoms with Crippen molar-refractivity contribution in [3.63, 3.8) is 0 Å². The number of thiophene rings is 1. The number of hydrogen-bond acceptors (Lipinski definition) is 3. The van der Waals surface area contributed by atoms with Crippen LogP contribution >= 0.6 is 38.9 Å². The van der Waals surface area contributed by atoms with Crippen LogP contribution in [0.25, 0.3) is 0 Å². The number of nitrogen functional groups attached to an aromatic ring is 1. The Labute approximate surface area is 116 Å². The molecule has 0 fully saturated rings. The molecule has 17 heavy (non-hydrogen) atoms. The van der Waals surface area contributed by atoms with E-state index in [9.17, 15) is 4.39 Å². The highest BCUT2D eigenvalue weighted by atomic mass is 79.9. The van der Waals surface area contributed by atoms with Gasteiger partial charge in [-0.1, -0.05) is 11.6 Å². The number of anilines is 2. The minimum Gasteiger partial charge on any atom is -0.397 e. The Morgan fingerprint density at radius 2 is 2.18 bits per heavy atom. The second-order valence-corrected chi connectivity index (χ2v) is 6.37. The van der Waals surface area contributed by atoms with Crippen LogP contribution in [-0.4, -0.2) is 0 Å². The summed E-state index contributed by atoms with van der Waals surface area (Å²) in [5.74, 6) is -0.506. The molecule has 0 unspecified atom stereocenters. The number of rotatable bonds is 3. The fraction of sp³-hybridized carbons (Fsp3) is 0.0909. The summed E-state index contributed by atoms with van der Waals surface area (Å²) in [5.41, 5.74) is 6.68. The summed E-state index contributed by atoms with van der Waals surface area (Å²) in [6, 6.07) is 6.69. The van der Waals surface area contributed by atoms with Gasteiger partial charge in [0.25, 0.3) is 0 Å². The summed E-state index contributed by atoms with van der Waals surface area (Å²) in [4.78, 5) is 1.15. The van der Waals surface area contributed by atoms with Gasteiger partial charge in [0, 0.05) is 17.5 Å². The SMILES string of the molecule is Nc1cc(F)c(Cl)cc1NCc1ccc(Br)s1. The molecule has 0 aliphatic heterocycles. The minimum atomic E-state index is -0.506. The van der Waals surface area contributed by atoms with E-state index in [1.807, 2.05) is 12.1 Å². The topological polar surface area (TPSA) is 38.0 Å². The standard InChI is InChI=1S/C11H9BrClFN2S/c12-11-2-1-6(17-11)5-16-10-3-7(13)8(14)4-9(10)15/h1-4,16H,5,15H2. The van der Waals surface area contributed by atoms with Gasteiger partial charge in [-0.3, -0.25) is 0 Å². The van der Waals surface area contributed by atoms with Crippen LogP contribution < -0.4 is 11.1 Å². The summed E-state index contributed by atoms with van der Waals surface area (Å²) in [6.07, 6.45) is 0. The largest absolute Gasteiger partial charge is 0.397 e. The zero-order chi connectivity index (χ0) is 12.4. The van der Waals surface area contributed by atoms with Gasteiger partial charge in [-0.25, -0.2) is 4.39 Å². The van der Waals surface area contributed by atoms with Crippen molar-refractivity contribution in [3.05, 3.63) is 43.8 Å². The van der Waals surface area contributed by atoms with Crippen molar-refractivity contribution < 1.29 is 4.39 Å². The van der Waals surface area contributed by atoms with Crippen LogP contribution in [0.3, 0.4) is 0 Å². The van der Waals surface area contributed by atoms with E-state index < -0.39 is 5.82 Å². The van der Waals surface area contributed by atoms with Crippen molar-refractivity contribution in [1.29, 1.82) is 0 Å². The highest BCUT2D eigenvalue weighted by Gasteiger charge is 2.06. The third-order valence-electron chi connectivity index (χ3n) is 2.17. The first kappa shape index (κ1) is 12.7.